The predicted octanol–water partition coefficient (Wildman–Crippen LogP) is 2.86. The van der Waals surface area contributed by atoms with Gasteiger partial charge in [-0.15, -0.1) is 23.2 Å². The minimum Gasteiger partial charge on any atom is -0.378 e. The summed E-state index contributed by atoms with van der Waals surface area (Å²) in [5.41, 5.74) is 0.507. The van der Waals surface area contributed by atoms with E-state index in [1.807, 2.05) is 11.0 Å². The van der Waals surface area contributed by atoms with Crippen molar-refractivity contribution < 1.29 is 13.9 Å². The lowest BCUT2D eigenvalue weighted by Gasteiger charge is -2.29. The average Bonchev–Trinajstić information content (AvgIpc) is 3.05. The Morgan fingerprint density at radius 2 is 2.04 bits per heavy atom. The van der Waals surface area contributed by atoms with Crippen LogP contribution in [0.25, 0.3) is 0 Å². The third kappa shape index (κ3) is 3.28. The van der Waals surface area contributed by atoms with Gasteiger partial charge >= 0.3 is 0 Å². The van der Waals surface area contributed by atoms with Crippen LogP contribution in [0.4, 0.5) is 10.1 Å². The number of nitrogens with zero attached hydrogens (tertiary/aromatic N) is 1. The van der Waals surface area contributed by atoms with E-state index in [4.69, 9.17) is 27.9 Å². The van der Waals surface area contributed by atoms with Crippen LogP contribution in [0, 0.1) is 11.2 Å². The summed E-state index contributed by atoms with van der Waals surface area (Å²) in [5, 5.41) is 2.78. The number of amides is 1. The number of morpholine rings is 1. The van der Waals surface area contributed by atoms with E-state index >= 15 is 0 Å². The lowest BCUT2D eigenvalue weighted by molar-refractivity contribution is -0.125. The highest BCUT2D eigenvalue weighted by Gasteiger charge is 2.67. The zero-order chi connectivity index (χ0) is 16.7. The van der Waals surface area contributed by atoms with Crippen molar-refractivity contribution in [2.75, 3.05) is 31.2 Å². The molecule has 1 saturated heterocycles. The fourth-order valence-electron chi connectivity index (χ4n) is 2.74. The standard InChI is InChI=1S/C16H19Cl2FN2O2/c1-15(10-16(15,17)18)14(22)20-9-11-2-3-13(12(19)8-11)21-4-6-23-7-5-21/h2-3,8H,4-7,9-10H2,1H3,(H,20,22)/t15-/m0/s1. The summed E-state index contributed by atoms with van der Waals surface area (Å²) in [4.78, 5) is 14.1. The molecule has 0 unspecified atom stereocenters. The van der Waals surface area contributed by atoms with Crippen molar-refractivity contribution in [2.24, 2.45) is 5.41 Å². The summed E-state index contributed by atoms with van der Waals surface area (Å²) in [6.07, 6.45) is 0.430. The number of nitrogens with one attached hydrogen (secondary N) is 1. The van der Waals surface area contributed by atoms with Crippen LogP contribution < -0.4 is 10.2 Å². The molecule has 0 aromatic heterocycles. The van der Waals surface area contributed by atoms with Crippen LogP contribution in [-0.2, 0) is 16.1 Å². The molecule has 2 fully saturated rings. The van der Waals surface area contributed by atoms with Gasteiger partial charge in [0.05, 0.1) is 24.3 Å². The first kappa shape index (κ1) is 16.8. The molecule has 7 heteroatoms. The van der Waals surface area contributed by atoms with E-state index in [1.54, 1.807) is 13.0 Å². The van der Waals surface area contributed by atoms with Crippen LogP contribution in [-0.4, -0.2) is 36.5 Å². The monoisotopic (exact) mass is 360 g/mol. The van der Waals surface area contributed by atoms with E-state index in [0.29, 0.717) is 44.0 Å². The molecule has 1 aromatic carbocycles. The number of hydrogen-bond acceptors (Lipinski definition) is 3. The highest BCUT2D eigenvalue weighted by molar-refractivity contribution is 6.53. The molecule has 1 N–H and O–H groups in total. The molecule has 1 amide bonds. The van der Waals surface area contributed by atoms with Gasteiger partial charge in [0.2, 0.25) is 5.91 Å². The van der Waals surface area contributed by atoms with Crippen molar-refractivity contribution >= 4 is 34.8 Å². The van der Waals surface area contributed by atoms with Crippen molar-refractivity contribution in [3.63, 3.8) is 0 Å². The van der Waals surface area contributed by atoms with Gasteiger partial charge in [-0.05, 0) is 31.0 Å². The molecule has 1 atom stereocenters. The number of carbonyl (C=O) groups is 1. The predicted molar refractivity (Wildman–Crippen MR) is 88.4 cm³/mol. The Kier molecular flexibility index (Phi) is 4.47. The molecule has 126 valence electrons. The Morgan fingerprint density at radius 3 is 2.61 bits per heavy atom. The van der Waals surface area contributed by atoms with E-state index in [2.05, 4.69) is 5.32 Å². The number of carbonyl (C=O) groups excluding carboxylic acids is 1. The van der Waals surface area contributed by atoms with Gasteiger partial charge in [0.15, 0.2) is 0 Å². The molecule has 4 nitrogen and oxygen atoms in total. The molecule has 1 saturated carbocycles. The summed E-state index contributed by atoms with van der Waals surface area (Å²) in [7, 11) is 0. The van der Waals surface area contributed by atoms with Gasteiger partial charge in [-0.1, -0.05) is 6.07 Å². The van der Waals surface area contributed by atoms with Crippen LogP contribution in [0.1, 0.15) is 18.9 Å². The number of benzene rings is 1. The number of rotatable bonds is 4. The van der Waals surface area contributed by atoms with Crippen LogP contribution in [0.5, 0.6) is 0 Å². The Morgan fingerprint density at radius 1 is 1.39 bits per heavy atom. The number of hydrogen-bond donors (Lipinski definition) is 1. The number of halogens is 3. The molecular formula is C16H19Cl2FN2O2. The van der Waals surface area contributed by atoms with Crippen LogP contribution >= 0.6 is 23.2 Å². The Hall–Kier alpha value is -1.04. The van der Waals surface area contributed by atoms with Crippen LogP contribution in [0.2, 0.25) is 0 Å². The molecule has 2 aliphatic rings. The van der Waals surface area contributed by atoms with Gasteiger partial charge in [-0.25, -0.2) is 4.39 Å². The molecule has 0 bridgehead atoms. The third-order valence-corrected chi connectivity index (χ3v) is 5.68. The summed E-state index contributed by atoms with van der Waals surface area (Å²) in [6.45, 7) is 4.55. The van der Waals surface area contributed by atoms with Gasteiger partial charge in [0.1, 0.15) is 10.2 Å². The van der Waals surface area contributed by atoms with Crippen molar-refractivity contribution in [1.82, 2.24) is 5.32 Å². The van der Waals surface area contributed by atoms with Crippen molar-refractivity contribution in [3.05, 3.63) is 29.6 Å². The maximum atomic E-state index is 14.3. The van der Waals surface area contributed by atoms with Crippen LogP contribution in [0.3, 0.4) is 0 Å². The van der Waals surface area contributed by atoms with Gasteiger partial charge in [-0.3, -0.25) is 4.79 Å². The minimum atomic E-state index is -0.997. The molecule has 0 radical (unpaired) electrons. The SMILES string of the molecule is C[C@@]1(C(=O)NCc2ccc(N3CCOCC3)c(F)c2)CC1(Cl)Cl. The lowest BCUT2D eigenvalue weighted by Crippen LogP contribution is -2.36. The quantitative estimate of drug-likeness (QED) is 0.839. The number of anilines is 1. The molecular weight excluding hydrogens is 342 g/mol. The Balaban J connectivity index is 1.61. The van der Waals surface area contributed by atoms with Gasteiger partial charge in [0, 0.05) is 19.6 Å². The van der Waals surface area contributed by atoms with Crippen molar-refractivity contribution in [1.29, 1.82) is 0 Å². The Bertz CT molecular complexity index is 620. The Labute approximate surface area is 144 Å². The van der Waals surface area contributed by atoms with Gasteiger partial charge < -0.3 is 15.0 Å². The average molecular weight is 361 g/mol. The fraction of sp³-hybridized carbons (Fsp3) is 0.562. The second-order valence-corrected chi connectivity index (χ2v) is 7.77. The highest BCUT2D eigenvalue weighted by atomic mass is 35.5. The molecule has 3 rings (SSSR count). The smallest absolute Gasteiger partial charge is 0.229 e. The second kappa shape index (κ2) is 6.11. The molecule has 23 heavy (non-hydrogen) atoms. The van der Waals surface area contributed by atoms with E-state index in [9.17, 15) is 9.18 Å². The molecule has 0 spiro atoms. The summed E-state index contributed by atoms with van der Waals surface area (Å²) in [6, 6.07) is 5.02. The normalized spacial score (nSPS) is 26.0. The first-order chi connectivity index (χ1) is 10.8. The lowest BCUT2D eigenvalue weighted by atomic mass is 10.1. The zero-order valence-corrected chi connectivity index (χ0v) is 14.4. The number of alkyl halides is 2. The highest BCUT2D eigenvalue weighted by Crippen LogP contribution is 2.63. The van der Waals surface area contributed by atoms with Gasteiger partial charge in [-0.2, -0.15) is 0 Å². The fourth-order valence-corrected chi connectivity index (χ4v) is 3.45. The maximum absolute atomic E-state index is 14.3. The molecule has 1 aromatic rings. The molecule has 1 heterocycles. The minimum absolute atomic E-state index is 0.208. The molecule has 1 aliphatic heterocycles. The van der Waals surface area contributed by atoms with E-state index in [-0.39, 0.29) is 18.3 Å². The van der Waals surface area contributed by atoms with Crippen molar-refractivity contribution in [2.45, 2.75) is 24.2 Å². The van der Waals surface area contributed by atoms with Crippen LogP contribution in [0.15, 0.2) is 18.2 Å². The largest absolute Gasteiger partial charge is 0.378 e. The van der Waals surface area contributed by atoms with Crippen molar-refractivity contribution in [3.8, 4) is 0 Å². The first-order valence-corrected chi connectivity index (χ1v) is 8.36. The topological polar surface area (TPSA) is 41.6 Å². The first-order valence-electron chi connectivity index (χ1n) is 7.61. The summed E-state index contributed by atoms with van der Waals surface area (Å²) < 4.78 is 18.6. The second-order valence-electron chi connectivity index (χ2n) is 6.28. The van der Waals surface area contributed by atoms with E-state index < -0.39 is 9.75 Å². The number of ether oxygens (including phenoxy) is 1. The summed E-state index contributed by atoms with van der Waals surface area (Å²) >= 11 is 12.0. The van der Waals surface area contributed by atoms with Gasteiger partial charge in [0.25, 0.3) is 0 Å². The summed E-state index contributed by atoms with van der Waals surface area (Å²) in [5.74, 6) is -0.500. The molecule has 1 aliphatic carbocycles. The maximum Gasteiger partial charge on any atom is 0.229 e. The van der Waals surface area contributed by atoms with E-state index in [1.165, 1.54) is 6.07 Å². The third-order valence-electron chi connectivity index (χ3n) is 4.58. The zero-order valence-electron chi connectivity index (χ0n) is 12.9. The van der Waals surface area contributed by atoms with E-state index in [0.717, 1.165) is 0 Å².